The van der Waals surface area contributed by atoms with E-state index in [-0.39, 0.29) is 11.9 Å². The number of halogens is 1. The Hall–Kier alpha value is -2.40. The Morgan fingerprint density at radius 3 is 2.28 bits per heavy atom. The van der Waals surface area contributed by atoms with Gasteiger partial charge in [-0.05, 0) is 56.1 Å². The lowest BCUT2D eigenvalue weighted by Gasteiger charge is -2.44. The molecule has 2 bridgehead atoms. The molecule has 8 nitrogen and oxygen atoms in total. The van der Waals surface area contributed by atoms with Crippen LogP contribution in [0.25, 0.3) is 0 Å². The number of carbonyl (C=O) groups excluding carboxylic acids is 1. The molecule has 1 amide bonds. The average molecular weight is 496 g/mol. The molecule has 3 saturated heterocycles. The zero-order chi connectivity index (χ0) is 23.1. The minimum Gasteiger partial charge on any atom is -0.478 e. The molecule has 0 saturated carbocycles. The van der Waals surface area contributed by atoms with Crippen LogP contribution in [0.15, 0.2) is 51.8 Å². The smallest absolute Gasteiger partial charge is 0.328 e. The van der Waals surface area contributed by atoms with E-state index < -0.39 is 11.9 Å². The van der Waals surface area contributed by atoms with Crippen molar-refractivity contribution in [1.29, 1.82) is 0 Å². The molecule has 2 aromatic rings. The summed E-state index contributed by atoms with van der Waals surface area (Å²) in [5.41, 5.74) is 0. The molecule has 32 heavy (non-hydrogen) atoms. The zero-order valence-electron chi connectivity index (χ0n) is 16.9. The molecule has 0 radical (unpaired) electrons. The molecule has 1 atom stereocenters. The number of nitrogens with one attached hydrogen (secondary N) is 1. The van der Waals surface area contributed by atoms with Crippen molar-refractivity contribution in [2.24, 2.45) is 5.92 Å². The van der Waals surface area contributed by atoms with Crippen LogP contribution in [-0.2, 0) is 9.59 Å². The molecule has 0 spiro atoms. The van der Waals surface area contributed by atoms with Crippen molar-refractivity contribution in [2.75, 3.05) is 19.6 Å². The second-order valence-electron chi connectivity index (χ2n) is 7.27. The molecule has 0 aliphatic carbocycles. The molecule has 1 aromatic carbocycles. The number of aliphatic carboxylic acids is 2. The third-order valence-corrected chi connectivity index (χ3v) is 7.40. The SMILES string of the molecule is O=C(N[C@H]1CN2CCC1CC2)c1cnc(Sc2ccc(Cl)cc2)s1.O=C(O)/C=C/C(=O)O. The van der Waals surface area contributed by atoms with Gasteiger partial charge < -0.3 is 20.4 Å². The van der Waals surface area contributed by atoms with Crippen LogP contribution in [0.3, 0.4) is 0 Å². The van der Waals surface area contributed by atoms with Gasteiger partial charge in [-0.1, -0.05) is 23.4 Å². The Balaban J connectivity index is 0.000000312. The summed E-state index contributed by atoms with van der Waals surface area (Å²) in [7, 11) is 0. The van der Waals surface area contributed by atoms with Crippen LogP contribution < -0.4 is 5.32 Å². The maximum absolute atomic E-state index is 12.5. The third-order valence-electron chi connectivity index (χ3n) is 5.07. The van der Waals surface area contributed by atoms with Crippen LogP contribution in [-0.4, -0.2) is 63.6 Å². The predicted molar refractivity (Wildman–Crippen MR) is 123 cm³/mol. The molecule has 3 aliphatic heterocycles. The van der Waals surface area contributed by atoms with E-state index in [0.29, 0.717) is 22.9 Å². The maximum atomic E-state index is 12.5. The van der Waals surface area contributed by atoms with Gasteiger partial charge in [0, 0.05) is 34.7 Å². The van der Waals surface area contributed by atoms with Gasteiger partial charge in [0.05, 0.1) is 6.20 Å². The lowest BCUT2D eigenvalue weighted by molar-refractivity contribution is -0.134. The van der Waals surface area contributed by atoms with Crippen LogP contribution in [0.1, 0.15) is 22.5 Å². The highest BCUT2D eigenvalue weighted by molar-refractivity contribution is 8.01. The number of fused-ring (bicyclic) bond motifs is 3. The Labute approximate surface area is 198 Å². The fourth-order valence-electron chi connectivity index (χ4n) is 3.52. The van der Waals surface area contributed by atoms with Crippen molar-refractivity contribution in [1.82, 2.24) is 15.2 Å². The second-order valence-corrected chi connectivity index (χ2v) is 10.1. The molecule has 4 heterocycles. The van der Waals surface area contributed by atoms with Gasteiger partial charge in [-0.25, -0.2) is 14.6 Å². The van der Waals surface area contributed by atoms with Crippen molar-refractivity contribution in [3.63, 3.8) is 0 Å². The number of nitrogens with zero attached hydrogens (tertiary/aromatic N) is 2. The summed E-state index contributed by atoms with van der Waals surface area (Å²) in [6.07, 6.45) is 5.20. The van der Waals surface area contributed by atoms with Crippen molar-refractivity contribution >= 4 is 52.5 Å². The molecule has 1 aromatic heterocycles. The predicted octanol–water partition coefficient (Wildman–Crippen LogP) is 3.48. The van der Waals surface area contributed by atoms with Gasteiger partial charge in [-0.3, -0.25) is 4.79 Å². The number of carboxylic acid groups (broad SMARTS) is 2. The van der Waals surface area contributed by atoms with Crippen molar-refractivity contribution < 1.29 is 24.6 Å². The van der Waals surface area contributed by atoms with Crippen molar-refractivity contribution in [3.8, 4) is 0 Å². The number of carboxylic acids is 2. The number of thiazole rings is 1. The van der Waals surface area contributed by atoms with Crippen molar-refractivity contribution in [2.45, 2.75) is 28.1 Å². The van der Waals surface area contributed by atoms with E-state index in [2.05, 4.69) is 15.2 Å². The molecular formula is C21H22ClN3O5S2. The van der Waals surface area contributed by atoms with Gasteiger partial charge in [0.1, 0.15) is 4.88 Å². The Morgan fingerprint density at radius 2 is 1.75 bits per heavy atom. The van der Waals surface area contributed by atoms with E-state index in [1.54, 1.807) is 18.0 Å². The largest absolute Gasteiger partial charge is 0.478 e. The summed E-state index contributed by atoms with van der Waals surface area (Å²) in [6.45, 7) is 3.35. The van der Waals surface area contributed by atoms with E-state index in [1.807, 2.05) is 24.3 Å². The lowest BCUT2D eigenvalue weighted by Crippen LogP contribution is -2.57. The minimum atomic E-state index is -1.26. The van der Waals surface area contributed by atoms with Gasteiger partial charge in [-0.15, -0.1) is 11.3 Å². The monoisotopic (exact) mass is 495 g/mol. The fourth-order valence-corrected chi connectivity index (χ4v) is 5.50. The summed E-state index contributed by atoms with van der Waals surface area (Å²) in [4.78, 5) is 40.2. The zero-order valence-corrected chi connectivity index (χ0v) is 19.3. The first-order valence-electron chi connectivity index (χ1n) is 9.86. The van der Waals surface area contributed by atoms with Gasteiger partial charge >= 0.3 is 11.9 Å². The first-order chi connectivity index (χ1) is 15.3. The number of amides is 1. The number of carbonyl (C=O) groups is 3. The Morgan fingerprint density at radius 1 is 1.12 bits per heavy atom. The highest BCUT2D eigenvalue weighted by Gasteiger charge is 2.35. The Bertz CT molecular complexity index is 972. The second kappa shape index (κ2) is 11.5. The topological polar surface area (TPSA) is 120 Å². The van der Waals surface area contributed by atoms with E-state index >= 15 is 0 Å². The molecule has 3 N–H and O–H groups in total. The minimum absolute atomic E-state index is 0.00852. The number of rotatable bonds is 6. The molecule has 170 valence electrons. The van der Waals surface area contributed by atoms with E-state index in [1.165, 1.54) is 37.3 Å². The fraction of sp³-hybridized carbons (Fsp3) is 0.333. The van der Waals surface area contributed by atoms with Gasteiger partial charge in [0.2, 0.25) is 0 Å². The standard InChI is InChI=1S/C17H18ClN3OS2.C4H4O4/c18-12-1-3-13(4-2-12)23-17-19-9-15(24-17)16(22)20-14-10-21-7-5-11(14)6-8-21;5-3(6)1-2-4(7)8/h1-4,9,11,14H,5-8,10H2,(H,20,22);1-2H,(H,5,6)(H,7,8)/b;2-1+/t14-;/m0./s1. The summed E-state index contributed by atoms with van der Waals surface area (Å²) in [5, 5.41) is 19.6. The summed E-state index contributed by atoms with van der Waals surface area (Å²) in [5.74, 6) is -1.87. The number of hydrogen-bond acceptors (Lipinski definition) is 7. The highest BCUT2D eigenvalue weighted by atomic mass is 35.5. The van der Waals surface area contributed by atoms with Crippen LogP contribution in [0.5, 0.6) is 0 Å². The number of benzene rings is 1. The highest BCUT2D eigenvalue weighted by Crippen LogP contribution is 2.32. The van der Waals surface area contributed by atoms with E-state index in [0.717, 1.165) is 20.8 Å². The first kappa shape index (κ1) is 24.2. The van der Waals surface area contributed by atoms with E-state index in [9.17, 15) is 14.4 Å². The Kier molecular flexibility index (Phi) is 8.68. The number of aromatic nitrogens is 1. The van der Waals surface area contributed by atoms with E-state index in [4.69, 9.17) is 21.8 Å². The van der Waals surface area contributed by atoms with Gasteiger partial charge in [0.15, 0.2) is 4.34 Å². The van der Waals surface area contributed by atoms with Crippen LogP contribution in [0.2, 0.25) is 5.02 Å². The molecule has 3 aliphatic rings. The molecular weight excluding hydrogens is 474 g/mol. The normalized spacial score (nSPS) is 21.6. The summed E-state index contributed by atoms with van der Waals surface area (Å²) in [6, 6.07) is 7.93. The van der Waals surface area contributed by atoms with Gasteiger partial charge in [-0.2, -0.15) is 0 Å². The molecule has 11 heteroatoms. The molecule has 0 unspecified atom stereocenters. The summed E-state index contributed by atoms with van der Waals surface area (Å²) >= 11 is 8.90. The van der Waals surface area contributed by atoms with Crippen molar-refractivity contribution in [3.05, 3.63) is 52.5 Å². The molecule has 3 fully saturated rings. The van der Waals surface area contributed by atoms with Crippen LogP contribution in [0.4, 0.5) is 0 Å². The number of piperidine rings is 3. The van der Waals surface area contributed by atoms with Crippen LogP contribution >= 0.6 is 34.7 Å². The quantitative estimate of drug-likeness (QED) is 0.521. The number of hydrogen-bond donors (Lipinski definition) is 3. The molecule has 5 rings (SSSR count). The maximum Gasteiger partial charge on any atom is 0.328 e. The average Bonchev–Trinajstić information content (AvgIpc) is 3.24. The lowest BCUT2D eigenvalue weighted by atomic mass is 9.84. The van der Waals surface area contributed by atoms with Gasteiger partial charge in [0.25, 0.3) is 5.91 Å². The summed E-state index contributed by atoms with van der Waals surface area (Å²) < 4.78 is 0.872. The van der Waals surface area contributed by atoms with Crippen LogP contribution in [0, 0.1) is 5.92 Å². The third kappa shape index (κ3) is 7.33. The first-order valence-corrected chi connectivity index (χ1v) is 11.9.